The molecule has 29 heavy (non-hydrogen) atoms. The van der Waals surface area contributed by atoms with E-state index in [1.54, 1.807) is 0 Å². The minimum atomic E-state index is -4.18. The lowest BCUT2D eigenvalue weighted by Crippen LogP contribution is -2.56. The summed E-state index contributed by atoms with van der Waals surface area (Å²) < 4.78 is 40.8. The third-order valence-corrected chi connectivity index (χ3v) is 5.11. The van der Waals surface area contributed by atoms with Crippen molar-refractivity contribution >= 4 is 29.9 Å². The number of hydrogen-bond acceptors (Lipinski definition) is 3. The van der Waals surface area contributed by atoms with Crippen molar-refractivity contribution in [1.29, 1.82) is 0 Å². The van der Waals surface area contributed by atoms with Crippen LogP contribution in [0.25, 0.3) is 0 Å². The minimum Gasteiger partial charge on any atom is -0.357 e. The zero-order valence-corrected chi connectivity index (χ0v) is 20.3. The van der Waals surface area contributed by atoms with Gasteiger partial charge >= 0.3 is 6.18 Å². The smallest absolute Gasteiger partial charge is 0.357 e. The topological polar surface area (TPSA) is 48.7 Å². The van der Waals surface area contributed by atoms with Crippen molar-refractivity contribution in [2.45, 2.75) is 53.4 Å². The molecule has 0 spiro atoms. The van der Waals surface area contributed by atoms with Crippen molar-refractivity contribution in [2.75, 3.05) is 39.3 Å². The molecule has 168 valence electrons. The number of aliphatic imine (C=N–C) groups is 1. The van der Waals surface area contributed by atoms with Crippen LogP contribution in [-0.2, 0) is 6.54 Å². The van der Waals surface area contributed by atoms with E-state index >= 15 is 0 Å². The van der Waals surface area contributed by atoms with Crippen LogP contribution >= 0.6 is 24.0 Å². The second kappa shape index (κ2) is 11.4. The molecule has 6 nitrogen and oxygen atoms in total. The first-order valence-electron chi connectivity index (χ1n) is 9.96. The van der Waals surface area contributed by atoms with Crippen LogP contribution in [0.3, 0.4) is 0 Å². The molecule has 1 fully saturated rings. The predicted molar refractivity (Wildman–Crippen MR) is 121 cm³/mol. The normalized spacial score (nSPS) is 18.3. The average molecular weight is 530 g/mol. The van der Waals surface area contributed by atoms with Crippen LogP contribution < -0.4 is 5.32 Å². The maximum Gasteiger partial charge on any atom is 0.403 e. The molecule has 1 aromatic rings. The second-order valence-corrected chi connectivity index (χ2v) is 7.65. The lowest BCUT2D eigenvalue weighted by molar-refractivity contribution is -0.181. The summed E-state index contributed by atoms with van der Waals surface area (Å²) in [5.41, 5.74) is 2.14. The first-order chi connectivity index (χ1) is 13.1. The maximum absolute atomic E-state index is 12.9. The van der Waals surface area contributed by atoms with E-state index in [2.05, 4.69) is 28.3 Å². The number of aromatic nitrogens is 2. The van der Waals surface area contributed by atoms with E-state index in [-0.39, 0.29) is 24.0 Å². The number of hydrogen-bond donors (Lipinski definition) is 1. The van der Waals surface area contributed by atoms with Gasteiger partial charge in [0.05, 0.1) is 5.69 Å². The first kappa shape index (κ1) is 26.0. The zero-order valence-electron chi connectivity index (χ0n) is 18.0. The molecule has 1 N–H and O–H groups in total. The number of aryl methyl sites for hydroxylation is 2. The maximum atomic E-state index is 12.9. The second-order valence-electron chi connectivity index (χ2n) is 7.65. The molecule has 1 aliphatic rings. The Hall–Kier alpha value is -1.04. The van der Waals surface area contributed by atoms with Gasteiger partial charge in [-0.05, 0) is 39.7 Å². The van der Waals surface area contributed by atoms with Crippen LogP contribution in [0, 0.1) is 19.8 Å². The Labute approximate surface area is 188 Å². The summed E-state index contributed by atoms with van der Waals surface area (Å²) in [5.74, 6) is 1.08. The van der Waals surface area contributed by atoms with Gasteiger partial charge in [-0.2, -0.15) is 18.3 Å². The van der Waals surface area contributed by atoms with Crippen LogP contribution in [0.1, 0.15) is 32.2 Å². The molecule has 0 saturated carbocycles. The molecule has 10 heteroatoms. The molecular weight excluding hydrogens is 496 g/mol. The Morgan fingerprint density at radius 2 is 1.83 bits per heavy atom. The summed E-state index contributed by atoms with van der Waals surface area (Å²) >= 11 is 0. The highest BCUT2D eigenvalue weighted by atomic mass is 127. The van der Waals surface area contributed by atoms with E-state index < -0.39 is 12.2 Å². The van der Waals surface area contributed by atoms with E-state index in [0.29, 0.717) is 38.6 Å². The van der Waals surface area contributed by atoms with Crippen LogP contribution in [0.15, 0.2) is 11.1 Å². The molecule has 0 aliphatic carbocycles. The lowest BCUT2D eigenvalue weighted by atomic mass is 10.2. The highest BCUT2D eigenvalue weighted by Crippen LogP contribution is 2.25. The van der Waals surface area contributed by atoms with Gasteiger partial charge in [0.25, 0.3) is 0 Å². The van der Waals surface area contributed by atoms with Crippen molar-refractivity contribution in [1.82, 2.24) is 24.9 Å². The summed E-state index contributed by atoms with van der Waals surface area (Å²) in [5, 5.41) is 7.77. The molecule has 0 aromatic carbocycles. The molecule has 0 amide bonds. The Morgan fingerprint density at radius 3 is 2.31 bits per heavy atom. The molecule has 2 heterocycles. The molecule has 2 rings (SSSR count). The van der Waals surface area contributed by atoms with Gasteiger partial charge in [0.1, 0.15) is 6.04 Å². The lowest BCUT2D eigenvalue weighted by Gasteiger charge is -2.39. The van der Waals surface area contributed by atoms with Crippen LogP contribution in [0.5, 0.6) is 0 Å². The van der Waals surface area contributed by atoms with Gasteiger partial charge in [0.2, 0.25) is 0 Å². The van der Waals surface area contributed by atoms with E-state index in [1.165, 1.54) is 11.8 Å². The fourth-order valence-corrected chi connectivity index (χ4v) is 3.41. The van der Waals surface area contributed by atoms with Crippen LogP contribution in [0.4, 0.5) is 13.2 Å². The zero-order chi connectivity index (χ0) is 20.9. The highest BCUT2D eigenvalue weighted by Gasteiger charge is 2.41. The molecule has 1 aliphatic heterocycles. The Bertz CT molecular complexity index is 653. The summed E-state index contributed by atoms with van der Waals surface area (Å²) in [6.45, 7) is 13.4. The summed E-state index contributed by atoms with van der Waals surface area (Å²) in [6.07, 6.45) is -4.18. The number of nitrogens with zero attached hydrogens (tertiary/aromatic N) is 5. The molecule has 1 saturated heterocycles. The van der Waals surface area contributed by atoms with Crippen LogP contribution in [0.2, 0.25) is 0 Å². The van der Waals surface area contributed by atoms with Gasteiger partial charge in [0, 0.05) is 51.5 Å². The number of halogens is 4. The highest BCUT2D eigenvalue weighted by molar-refractivity contribution is 14.0. The van der Waals surface area contributed by atoms with E-state index in [0.717, 1.165) is 30.4 Å². The van der Waals surface area contributed by atoms with Gasteiger partial charge in [-0.15, -0.1) is 24.0 Å². The number of nitrogens with one attached hydrogen (secondary N) is 1. The number of alkyl halides is 3. The van der Waals surface area contributed by atoms with Crippen molar-refractivity contribution in [3.05, 3.63) is 17.5 Å². The molecule has 2 atom stereocenters. The van der Waals surface area contributed by atoms with Crippen molar-refractivity contribution < 1.29 is 13.2 Å². The Kier molecular flexibility index (Phi) is 10.2. The Balaban J connectivity index is 0.00000420. The van der Waals surface area contributed by atoms with Crippen molar-refractivity contribution in [3.8, 4) is 0 Å². The number of guanidine groups is 1. The number of rotatable bonds is 6. The fraction of sp³-hybridized carbons (Fsp3) is 0.789. The van der Waals surface area contributed by atoms with E-state index in [9.17, 15) is 13.2 Å². The number of piperazine rings is 1. The largest absolute Gasteiger partial charge is 0.403 e. The summed E-state index contributed by atoms with van der Waals surface area (Å²) in [4.78, 5) is 8.28. The van der Waals surface area contributed by atoms with Gasteiger partial charge in [0.15, 0.2) is 5.96 Å². The van der Waals surface area contributed by atoms with Crippen molar-refractivity contribution in [2.24, 2.45) is 10.9 Å². The molecule has 2 unspecified atom stereocenters. The third-order valence-electron chi connectivity index (χ3n) is 5.11. The predicted octanol–water partition coefficient (Wildman–Crippen LogP) is 3.29. The van der Waals surface area contributed by atoms with E-state index in [4.69, 9.17) is 4.99 Å². The van der Waals surface area contributed by atoms with E-state index in [1.807, 2.05) is 25.5 Å². The van der Waals surface area contributed by atoms with Gasteiger partial charge in [-0.1, -0.05) is 6.92 Å². The standard InChI is InChI=1S/C19H33F3N6.HI/c1-6-23-18(24-12-14(2)13-28-16(4)11-15(3)25-28)27-9-7-26(8-10-27)17(5)19(20,21)22;/h11,14,17H,6-10,12-13H2,1-5H3,(H,23,24);1H. The Morgan fingerprint density at radius 1 is 1.21 bits per heavy atom. The quantitative estimate of drug-likeness (QED) is 0.349. The summed E-state index contributed by atoms with van der Waals surface area (Å²) in [6, 6.07) is 0.650. The van der Waals surface area contributed by atoms with Gasteiger partial charge < -0.3 is 10.2 Å². The summed E-state index contributed by atoms with van der Waals surface area (Å²) in [7, 11) is 0. The van der Waals surface area contributed by atoms with Gasteiger partial charge in [-0.25, -0.2) is 0 Å². The molecule has 1 aromatic heterocycles. The first-order valence-corrected chi connectivity index (χ1v) is 9.96. The molecule has 0 radical (unpaired) electrons. The van der Waals surface area contributed by atoms with Crippen LogP contribution in [-0.4, -0.2) is 77.0 Å². The SMILES string of the molecule is CCNC(=NCC(C)Cn1nc(C)cc1C)N1CCN(C(C)C(F)(F)F)CC1.I. The average Bonchev–Trinajstić information content (AvgIpc) is 2.94. The molecular formula is C19H34F3IN6. The fourth-order valence-electron chi connectivity index (χ4n) is 3.41. The minimum absolute atomic E-state index is 0. The third kappa shape index (κ3) is 7.62. The monoisotopic (exact) mass is 530 g/mol. The molecule has 0 bridgehead atoms. The van der Waals surface area contributed by atoms with Crippen molar-refractivity contribution in [3.63, 3.8) is 0 Å². The van der Waals surface area contributed by atoms with Gasteiger partial charge in [-0.3, -0.25) is 14.6 Å².